The minimum absolute atomic E-state index is 0.0802. The molecule has 0 radical (unpaired) electrons. The van der Waals surface area contributed by atoms with Gasteiger partial charge in [-0.05, 0) is 52.5 Å². The van der Waals surface area contributed by atoms with Gasteiger partial charge in [0.15, 0.2) is 0 Å². The van der Waals surface area contributed by atoms with Gasteiger partial charge in [-0.2, -0.15) is 0 Å². The molecule has 2 unspecified atom stereocenters. The second kappa shape index (κ2) is 6.89. The van der Waals surface area contributed by atoms with Crippen LogP contribution in [0.2, 0.25) is 0 Å². The molecule has 128 valence electrons. The second-order valence-corrected chi connectivity index (χ2v) is 8.27. The van der Waals surface area contributed by atoms with Crippen LogP contribution in [0.25, 0.3) is 0 Å². The van der Waals surface area contributed by atoms with E-state index in [9.17, 15) is 4.79 Å². The Labute approximate surface area is 143 Å². The van der Waals surface area contributed by atoms with E-state index in [2.05, 4.69) is 34.0 Å². The maximum atomic E-state index is 12.5. The maximum absolute atomic E-state index is 12.5. The highest BCUT2D eigenvalue weighted by Crippen LogP contribution is 2.40. The van der Waals surface area contributed by atoms with Gasteiger partial charge < -0.3 is 9.80 Å². The summed E-state index contributed by atoms with van der Waals surface area (Å²) in [5.41, 5.74) is 1.14. The molecule has 2 saturated heterocycles. The molecule has 0 aromatic carbocycles. The van der Waals surface area contributed by atoms with Gasteiger partial charge in [0.05, 0.1) is 17.2 Å². The van der Waals surface area contributed by atoms with Gasteiger partial charge >= 0.3 is 0 Å². The monoisotopic (exact) mass is 335 g/mol. The highest BCUT2D eigenvalue weighted by Gasteiger charge is 2.45. The molecule has 2 aliphatic heterocycles. The quantitative estimate of drug-likeness (QED) is 0.843. The number of aryl methyl sites for hydroxylation is 1. The topological polar surface area (TPSA) is 36.4 Å². The molecule has 5 heteroatoms. The molecule has 2 aliphatic rings. The number of hydrogen-bond acceptors (Lipinski definition) is 4. The molecule has 1 aromatic rings. The Morgan fingerprint density at radius 3 is 2.87 bits per heavy atom. The van der Waals surface area contributed by atoms with Gasteiger partial charge in [-0.1, -0.05) is 6.92 Å². The average molecular weight is 336 g/mol. The van der Waals surface area contributed by atoms with Crippen LogP contribution in [0.15, 0.2) is 5.38 Å². The van der Waals surface area contributed by atoms with Crippen molar-refractivity contribution in [2.75, 3.05) is 13.1 Å². The zero-order valence-electron chi connectivity index (χ0n) is 14.7. The molecular formula is C18H29N3OS. The molecule has 0 saturated carbocycles. The van der Waals surface area contributed by atoms with E-state index in [-0.39, 0.29) is 5.54 Å². The van der Waals surface area contributed by atoms with Gasteiger partial charge in [0.2, 0.25) is 5.91 Å². The minimum atomic E-state index is 0.0802. The number of carbonyl (C=O) groups excluding carboxylic acids is 1. The molecule has 2 fully saturated rings. The molecule has 23 heavy (non-hydrogen) atoms. The highest BCUT2D eigenvalue weighted by atomic mass is 32.1. The predicted octanol–water partition coefficient (Wildman–Crippen LogP) is 3.60. The summed E-state index contributed by atoms with van der Waals surface area (Å²) in [4.78, 5) is 21.9. The number of nitrogens with zero attached hydrogens (tertiary/aromatic N) is 3. The lowest BCUT2D eigenvalue weighted by molar-refractivity contribution is -0.132. The Kier molecular flexibility index (Phi) is 5.07. The molecule has 1 aromatic heterocycles. The van der Waals surface area contributed by atoms with E-state index in [0.717, 1.165) is 36.5 Å². The third kappa shape index (κ3) is 3.45. The molecule has 0 N–H and O–H groups in total. The first-order valence-electron chi connectivity index (χ1n) is 8.99. The van der Waals surface area contributed by atoms with Crippen molar-refractivity contribution in [3.05, 3.63) is 16.1 Å². The molecular weight excluding hydrogens is 306 g/mol. The van der Waals surface area contributed by atoms with Gasteiger partial charge in [-0.25, -0.2) is 4.98 Å². The largest absolute Gasteiger partial charge is 0.331 e. The second-order valence-electron chi connectivity index (χ2n) is 7.21. The predicted molar refractivity (Wildman–Crippen MR) is 94.5 cm³/mol. The van der Waals surface area contributed by atoms with Gasteiger partial charge in [0.25, 0.3) is 0 Å². The summed E-state index contributed by atoms with van der Waals surface area (Å²) in [6, 6.07) is 0.650. The molecule has 1 amide bonds. The smallest absolute Gasteiger partial charge is 0.223 e. The summed E-state index contributed by atoms with van der Waals surface area (Å²) in [5, 5.41) is 3.20. The third-order valence-corrected chi connectivity index (χ3v) is 6.65. The van der Waals surface area contributed by atoms with E-state index < -0.39 is 0 Å². The first-order valence-corrected chi connectivity index (χ1v) is 9.87. The lowest BCUT2D eigenvalue weighted by Gasteiger charge is -2.38. The van der Waals surface area contributed by atoms with Crippen LogP contribution in [0, 0.1) is 6.92 Å². The van der Waals surface area contributed by atoms with Crippen molar-refractivity contribution >= 4 is 17.2 Å². The fourth-order valence-corrected chi connectivity index (χ4v) is 4.80. The summed E-state index contributed by atoms with van der Waals surface area (Å²) < 4.78 is 0. The Morgan fingerprint density at radius 1 is 1.35 bits per heavy atom. The van der Waals surface area contributed by atoms with Crippen molar-refractivity contribution < 1.29 is 4.79 Å². The number of hydrogen-bond donors (Lipinski definition) is 0. The van der Waals surface area contributed by atoms with Gasteiger partial charge in [0.1, 0.15) is 0 Å². The van der Waals surface area contributed by atoms with Crippen LogP contribution in [0.4, 0.5) is 0 Å². The zero-order chi connectivity index (χ0) is 16.4. The Balaban J connectivity index is 1.75. The maximum Gasteiger partial charge on any atom is 0.223 e. The van der Waals surface area contributed by atoms with Crippen molar-refractivity contribution in [3.63, 3.8) is 0 Å². The minimum Gasteiger partial charge on any atom is -0.331 e. The van der Waals surface area contributed by atoms with Crippen molar-refractivity contribution in [2.24, 2.45) is 0 Å². The molecule has 0 aliphatic carbocycles. The first kappa shape index (κ1) is 16.9. The van der Waals surface area contributed by atoms with Gasteiger partial charge in [-0.3, -0.25) is 4.79 Å². The molecule has 3 heterocycles. The zero-order valence-corrected chi connectivity index (χ0v) is 15.5. The fourth-order valence-electron chi connectivity index (χ4n) is 4.19. The summed E-state index contributed by atoms with van der Waals surface area (Å²) in [6.45, 7) is 9.62. The molecule has 4 nitrogen and oxygen atoms in total. The first-order chi connectivity index (χ1) is 11.0. The number of rotatable bonds is 4. The van der Waals surface area contributed by atoms with E-state index in [0.29, 0.717) is 24.9 Å². The van der Waals surface area contributed by atoms with Crippen LogP contribution in [0.3, 0.4) is 0 Å². The molecule has 2 atom stereocenters. The molecule has 1 spiro atoms. The van der Waals surface area contributed by atoms with E-state index in [1.807, 2.05) is 6.92 Å². The van der Waals surface area contributed by atoms with Crippen LogP contribution in [0.5, 0.6) is 0 Å². The third-order valence-electron chi connectivity index (χ3n) is 5.83. The molecule has 3 rings (SSSR count). The highest BCUT2D eigenvalue weighted by molar-refractivity contribution is 7.09. The summed E-state index contributed by atoms with van der Waals surface area (Å²) >= 11 is 1.68. The number of aromatic nitrogens is 1. The number of likely N-dealkylation sites (tertiary alicyclic amines) is 2. The Morgan fingerprint density at radius 2 is 2.17 bits per heavy atom. The van der Waals surface area contributed by atoms with Crippen molar-refractivity contribution in [1.29, 1.82) is 0 Å². The summed E-state index contributed by atoms with van der Waals surface area (Å²) in [7, 11) is 0. The van der Waals surface area contributed by atoms with Gasteiger partial charge in [-0.15, -0.1) is 11.3 Å². The summed E-state index contributed by atoms with van der Waals surface area (Å²) in [5.74, 6) is 0.327. The fraction of sp³-hybridized carbons (Fsp3) is 0.778. The average Bonchev–Trinajstić information content (AvgIpc) is 2.99. The number of amides is 1. The van der Waals surface area contributed by atoms with Crippen LogP contribution in [0.1, 0.15) is 63.1 Å². The summed E-state index contributed by atoms with van der Waals surface area (Å²) in [6.07, 6.45) is 6.41. The van der Waals surface area contributed by atoms with E-state index in [4.69, 9.17) is 0 Å². The van der Waals surface area contributed by atoms with E-state index >= 15 is 0 Å². The lowest BCUT2D eigenvalue weighted by atomic mass is 9.87. The van der Waals surface area contributed by atoms with E-state index in [1.165, 1.54) is 19.4 Å². The van der Waals surface area contributed by atoms with Crippen LogP contribution in [-0.2, 0) is 11.3 Å². The normalized spacial score (nSPS) is 27.6. The van der Waals surface area contributed by atoms with Crippen LogP contribution < -0.4 is 0 Å². The van der Waals surface area contributed by atoms with E-state index in [1.54, 1.807) is 11.3 Å². The standard InChI is InChI=1S/C18H29N3OS/c1-4-14(2)20-10-5-7-18(9-11-20)8-6-17(22)21(18)12-16-13-23-15(3)19-16/h13-14H,4-12H2,1-3H3. The Bertz CT molecular complexity index is 558. The van der Waals surface area contributed by atoms with Crippen molar-refractivity contribution in [2.45, 2.75) is 77.4 Å². The number of thiazole rings is 1. The number of carbonyl (C=O) groups is 1. The van der Waals surface area contributed by atoms with Crippen LogP contribution in [-0.4, -0.2) is 45.4 Å². The SMILES string of the molecule is CCC(C)N1CCCC2(CCC(=O)N2Cc2csc(C)n2)CC1. The van der Waals surface area contributed by atoms with Crippen molar-refractivity contribution in [1.82, 2.24) is 14.8 Å². The van der Waals surface area contributed by atoms with Gasteiger partial charge in [0, 0.05) is 29.9 Å². The van der Waals surface area contributed by atoms with Crippen molar-refractivity contribution in [3.8, 4) is 0 Å². The lowest BCUT2D eigenvalue weighted by Crippen LogP contribution is -2.46. The molecule has 0 bridgehead atoms. The van der Waals surface area contributed by atoms with Crippen LogP contribution >= 0.6 is 11.3 Å². The Hall–Kier alpha value is -0.940.